The summed E-state index contributed by atoms with van der Waals surface area (Å²) in [7, 11) is 1.32. The summed E-state index contributed by atoms with van der Waals surface area (Å²) in [6.07, 6.45) is 0. The lowest BCUT2D eigenvalue weighted by Crippen LogP contribution is -2.00. The van der Waals surface area contributed by atoms with Crippen LogP contribution in [0.15, 0.2) is 42.5 Å². The summed E-state index contributed by atoms with van der Waals surface area (Å²) in [5.74, 6) is -0.913. The van der Waals surface area contributed by atoms with Crippen LogP contribution in [0.1, 0.15) is 10.4 Å². The third-order valence-corrected chi connectivity index (χ3v) is 2.84. The molecule has 0 aliphatic heterocycles. The van der Waals surface area contributed by atoms with Crippen molar-refractivity contribution in [3.05, 3.63) is 58.9 Å². The van der Waals surface area contributed by atoms with E-state index in [9.17, 15) is 9.18 Å². The molecule has 0 heterocycles. The van der Waals surface area contributed by atoms with Crippen LogP contribution in [0.2, 0.25) is 5.02 Å². The highest BCUT2D eigenvalue weighted by molar-refractivity contribution is 6.30. The maximum absolute atomic E-state index is 13.4. The fraction of sp³-hybridized carbons (Fsp3) is 0.0714. The van der Waals surface area contributed by atoms with Gasteiger partial charge in [0.15, 0.2) is 0 Å². The van der Waals surface area contributed by atoms with Gasteiger partial charge in [-0.3, -0.25) is 0 Å². The van der Waals surface area contributed by atoms with E-state index in [0.717, 1.165) is 5.56 Å². The molecule has 0 amide bonds. The number of esters is 1. The van der Waals surface area contributed by atoms with Gasteiger partial charge in [-0.1, -0.05) is 29.8 Å². The number of rotatable bonds is 2. The van der Waals surface area contributed by atoms with E-state index in [0.29, 0.717) is 11.1 Å². The number of hydrogen-bond donors (Lipinski definition) is 0. The average Bonchev–Trinajstić information content (AvgIpc) is 2.41. The zero-order valence-corrected chi connectivity index (χ0v) is 10.4. The first-order chi connectivity index (χ1) is 8.61. The normalized spacial score (nSPS) is 10.2. The number of benzene rings is 2. The van der Waals surface area contributed by atoms with Crippen LogP contribution in [0.3, 0.4) is 0 Å². The smallest absolute Gasteiger partial charge is 0.337 e. The Balaban J connectivity index is 2.44. The van der Waals surface area contributed by atoms with Crippen molar-refractivity contribution < 1.29 is 13.9 Å². The minimum atomic E-state index is -0.488. The van der Waals surface area contributed by atoms with E-state index in [2.05, 4.69) is 4.74 Å². The van der Waals surface area contributed by atoms with Crippen LogP contribution in [-0.4, -0.2) is 13.1 Å². The van der Waals surface area contributed by atoms with Crippen LogP contribution >= 0.6 is 11.6 Å². The highest BCUT2D eigenvalue weighted by Gasteiger charge is 2.08. The van der Waals surface area contributed by atoms with Crippen molar-refractivity contribution in [3.63, 3.8) is 0 Å². The molecular formula is C14H10ClFO2. The lowest BCUT2D eigenvalue weighted by molar-refractivity contribution is 0.0601. The van der Waals surface area contributed by atoms with Gasteiger partial charge in [0.05, 0.1) is 17.7 Å². The van der Waals surface area contributed by atoms with Crippen molar-refractivity contribution >= 4 is 17.6 Å². The summed E-state index contributed by atoms with van der Waals surface area (Å²) in [6.45, 7) is 0. The molecule has 2 rings (SSSR count). The molecule has 92 valence electrons. The Bertz CT molecular complexity index is 596. The lowest BCUT2D eigenvalue weighted by Gasteiger charge is -2.05. The first-order valence-corrected chi connectivity index (χ1v) is 5.63. The molecule has 0 atom stereocenters. The van der Waals surface area contributed by atoms with E-state index in [4.69, 9.17) is 11.6 Å². The lowest BCUT2D eigenvalue weighted by atomic mass is 10.0. The van der Waals surface area contributed by atoms with E-state index in [1.807, 2.05) is 0 Å². The number of methoxy groups -OCH3 is 1. The summed E-state index contributed by atoms with van der Waals surface area (Å²) in [5.41, 5.74) is 1.81. The summed E-state index contributed by atoms with van der Waals surface area (Å²) in [5, 5.41) is 0.0721. The first-order valence-electron chi connectivity index (χ1n) is 5.25. The van der Waals surface area contributed by atoms with Gasteiger partial charge in [0.1, 0.15) is 5.82 Å². The van der Waals surface area contributed by atoms with Gasteiger partial charge in [0, 0.05) is 0 Å². The summed E-state index contributed by atoms with van der Waals surface area (Å²) in [6, 6.07) is 11.3. The largest absolute Gasteiger partial charge is 0.465 e. The van der Waals surface area contributed by atoms with Crippen LogP contribution in [0.25, 0.3) is 11.1 Å². The molecule has 2 aromatic rings. The van der Waals surface area contributed by atoms with Crippen LogP contribution < -0.4 is 0 Å². The van der Waals surface area contributed by atoms with E-state index in [-0.39, 0.29) is 5.02 Å². The molecule has 4 heteroatoms. The second-order valence-corrected chi connectivity index (χ2v) is 4.11. The summed E-state index contributed by atoms with van der Waals surface area (Å²) in [4.78, 5) is 11.4. The van der Waals surface area contributed by atoms with Gasteiger partial charge in [-0.2, -0.15) is 0 Å². The zero-order valence-electron chi connectivity index (χ0n) is 9.61. The zero-order chi connectivity index (χ0) is 13.1. The summed E-state index contributed by atoms with van der Waals surface area (Å²) < 4.78 is 18.0. The molecule has 0 N–H and O–H groups in total. The van der Waals surface area contributed by atoms with Crippen molar-refractivity contribution in [2.75, 3.05) is 7.11 Å². The third kappa shape index (κ3) is 2.51. The Morgan fingerprint density at radius 2 is 1.89 bits per heavy atom. The monoisotopic (exact) mass is 264 g/mol. The predicted molar refractivity (Wildman–Crippen MR) is 68.2 cm³/mol. The SMILES string of the molecule is COC(=O)c1cccc(-c2ccc(Cl)c(F)c2)c1. The van der Waals surface area contributed by atoms with Gasteiger partial charge < -0.3 is 4.74 Å². The molecule has 0 bridgehead atoms. The van der Waals surface area contributed by atoms with E-state index < -0.39 is 11.8 Å². The minimum absolute atomic E-state index is 0.0721. The highest BCUT2D eigenvalue weighted by atomic mass is 35.5. The molecule has 0 spiro atoms. The average molecular weight is 265 g/mol. The van der Waals surface area contributed by atoms with Crippen LogP contribution in [0.5, 0.6) is 0 Å². The fourth-order valence-corrected chi connectivity index (χ4v) is 1.74. The maximum Gasteiger partial charge on any atom is 0.337 e. The Labute approximate surface area is 109 Å². The molecule has 0 saturated heterocycles. The van der Waals surface area contributed by atoms with Gasteiger partial charge in [0.2, 0.25) is 0 Å². The van der Waals surface area contributed by atoms with E-state index in [1.54, 1.807) is 30.3 Å². The van der Waals surface area contributed by atoms with Gasteiger partial charge in [-0.15, -0.1) is 0 Å². The van der Waals surface area contributed by atoms with Crippen molar-refractivity contribution in [3.8, 4) is 11.1 Å². The summed E-state index contributed by atoms with van der Waals surface area (Å²) >= 11 is 5.62. The minimum Gasteiger partial charge on any atom is -0.465 e. The Kier molecular flexibility index (Phi) is 3.63. The second kappa shape index (κ2) is 5.19. The van der Waals surface area contributed by atoms with Gasteiger partial charge >= 0.3 is 5.97 Å². The Morgan fingerprint density at radius 3 is 2.56 bits per heavy atom. The molecule has 0 aliphatic rings. The van der Waals surface area contributed by atoms with Crippen LogP contribution in [0.4, 0.5) is 4.39 Å². The molecule has 0 radical (unpaired) electrons. The fourth-order valence-electron chi connectivity index (χ4n) is 1.62. The molecule has 0 fully saturated rings. The quantitative estimate of drug-likeness (QED) is 0.768. The van der Waals surface area contributed by atoms with Crippen LogP contribution in [0, 0.1) is 5.82 Å². The number of halogens is 2. The van der Waals surface area contributed by atoms with Crippen LogP contribution in [-0.2, 0) is 4.74 Å². The van der Waals surface area contributed by atoms with E-state index in [1.165, 1.54) is 19.2 Å². The molecular weight excluding hydrogens is 255 g/mol. The molecule has 2 aromatic carbocycles. The van der Waals surface area contributed by atoms with Crippen molar-refractivity contribution in [1.29, 1.82) is 0 Å². The molecule has 0 aliphatic carbocycles. The number of carbonyl (C=O) groups is 1. The first kappa shape index (κ1) is 12.6. The standard InChI is InChI=1S/C14H10ClFO2/c1-18-14(17)11-4-2-3-9(7-11)10-5-6-12(15)13(16)8-10/h2-8H,1H3. The number of ether oxygens (including phenoxy) is 1. The van der Waals surface area contributed by atoms with Gasteiger partial charge in [-0.25, -0.2) is 9.18 Å². The van der Waals surface area contributed by atoms with Crippen molar-refractivity contribution in [2.24, 2.45) is 0 Å². The molecule has 2 nitrogen and oxygen atoms in total. The molecule has 0 saturated carbocycles. The third-order valence-electron chi connectivity index (χ3n) is 2.54. The molecule has 0 unspecified atom stereocenters. The number of carbonyl (C=O) groups excluding carboxylic acids is 1. The number of hydrogen-bond acceptors (Lipinski definition) is 2. The molecule has 0 aromatic heterocycles. The van der Waals surface area contributed by atoms with Gasteiger partial charge in [0.25, 0.3) is 0 Å². The van der Waals surface area contributed by atoms with Crippen molar-refractivity contribution in [1.82, 2.24) is 0 Å². The maximum atomic E-state index is 13.4. The topological polar surface area (TPSA) is 26.3 Å². The highest BCUT2D eigenvalue weighted by Crippen LogP contribution is 2.25. The van der Waals surface area contributed by atoms with Crippen molar-refractivity contribution in [2.45, 2.75) is 0 Å². The Hall–Kier alpha value is -1.87. The van der Waals surface area contributed by atoms with Gasteiger partial charge in [-0.05, 0) is 35.4 Å². The predicted octanol–water partition coefficient (Wildman–Crippen LogP) is 3.93. The Morgan fingerprint density at radius 1 is 1.17 bits per heavy atom. The second-order valence-electron chi connectivity index (χ2n) is 3.70. The van der Waals surface area contributed by atoms with E-state index >= 15 is 0 Å². The molecule has 18 heavy (non-hydrogen) atoms.